The summed E-state index contributed by atoms with van der Waals surface area (Å²) in [5.74, 6) is -0.928. The summed E-state index contributed by atoms with van der Waals surface area (Å²) in [6, 6.07) is 16.0. The number of anilines is 1. The third-order valence-electron chi connectivity index (χ3n) is 7.28. The Morgan fingerprint density at radius 3 is 2.36 bits per heavy atom. The van der Waals surface area contributed by atoms with E-state index in [1.807, 2.05) is 0 Å². The van der Waals surface area contributed by atoms with Gasteiger partial charge < -0.3 is 24.1 Å². The average Bonchev–Trinajstić information content (AvgIpc) is 3.87. The number of nitriles is 1. The summed E-state index contributed by atoms with van der Waals surface area (Å²) >= 11 is 0. The number of methoxy groups -OCH3 is 2. The van der Waals surface area contributed by atoms with Gasteiger partial charge in [0.2, 0.25) is 5.43 Å². The van der Waals surface area contributed by atoms with Crippen molar-refractivity contribution in [2.24, 2.45) is 0 Å². The Kier molecular flexibility index (Phi) is 7.41. The number of fused-ring (bicyclic) bond motifs is 1. The third-order valence-corrected chi connectivity index (χ3v) is 7.28. The highest BCUT2D eigenvalue weighted by molar-refractivity contribution is 6.05. The fourth-order valence-corrected chi connectivity index (χ4v) is 4.95. The first-order valence-electron chi connectivity index (χ1n) is 13.6. The number of carbonyl (C=O) groups excluding carboxylic acids is 1. The molecule has 1 amide bonds. The number of aromatic nitrogens is 2. The van der Waals surface area contributed by atoms with E-state index in [0.717, 1.165) is 18.9 Å². The minimum Gasteiger partial charge on any atom is -0.493 e. The molecule has 44 heavy (non-hydrogen) atoms. The first-order chi connectivity index (χ1) is 21.3. The topological polar surface area (TPSA) is 115 Å². The number of hydrogen-bond donors (Lipinski definition) is 1. The summed E-state index contributed by atoms with van der Waals surface area (Å²) in [5.41, 5.74) is 0.0979. The van der Waals surface area contributed by atoms with Gasteiger partial charge in [-0.2, -0.15) is 5.26 Å². The van der Waals surface area contributed by atoms with Crippen LogP contribution >= 0.6 is 0 Å². The molecule has 3 aromatic carbocycles. The Hall–Kier alpha value is -5.76. The molecule has 6 rings (SSSR count). The van der Waals surface area contributed by atoms with E-state index in [0.29, 0.717) is 33.7 Å². The molecule has 2 heterocycles. The fourth-order valence-electron chi connectivity index (χ4n) is 4.95. The second-order valence-corrected chi connectivity index (χ2v) is 10.1. The van der Waals surface area contributed by atoms with Gasteiger partial charge in [-0.15, -0.1) is 0 Å². The van der Waals surface area contributed by atoms with Crippen molar-refractivity contribution in [1.29, 1.82) is 5.26 Å². The van der Waals surface area contributed by atoms with E-state index >= 15 is 4.39 Å². The van der Waals surface area contributed by atoms with Gasteiger partial charge in [0.05, 0.1) is 25.3 Å². The summed E-state index contributed by atoms with van der Waals surface area (Å²) in [6.45, 7) is 0. The van der Waals surface area contributed by atoms with Crippen LogP contribution in [0.25, 0.3) is 22.0 Å². The number of benzene rings is 3. The van der Waals surface area contributed by atoms with Crippen molar-refractivity contribution in [2.45, 2.75) is 18.9 Å². The van der Waals surface area contributed by atoms with E-state index in [4.69, 9.17) is 14.2 Å². The second kappa shape index (κ2) is 11.5. The lowest BCUT2D eigenvalue weighted by Gasteiger charge is -2.15. The van der Waals surface area contributed by atoms with Crippen LogP contribution in [-0.2, 0) is 0 Å². The molecule has 0 atom stereocenters. The number of ether oxygens (including phenoxy) is 3. The summed E-state index contributed by atoms with van der Waals surface area (Å²) in [5, 5.41) is 13.0. The van der Waals surface area contributed by atoms with Crippen LogP contribution in [0.5, 0.6) is 23.0 Å². The smallest absolute Gasteiger partial charge is 0.261 e. The normalized spacial score (nSPS) is 12.4. The molecule has 0 aliphatic heterocycles. The maximum Gasteiger partial charge on any atom is 0.261 e. The summed E-state index contributed by atoms with van der Waals surface area (Å²) in [6.07, 6.45) is 4.43. The zero-order valence-electron chi connectivity index (χ0n) is 23.6. The van der Waals surface area contributed by atoms with Gasteiger partial charge in [0.15, 0.2) is 23.1 Å². The molecule has 0 unspecified atom stereocenters. The molecule has 0 saturated heterocycles. The largest absolute Gasteiger partial charge is 0.493 e. The van der Waals surface area contributed by atoms with Crippen molar-refractivity contribution in [1.82, 2.24) is 9.55 Å². The van der Waals surface area contributed by atoms with E-state index in [9.17, 15) is 19.2 Å². The maximum absolute atomic E-state index is 15.3. The third kappa shape index (κ3) is 5.29. The Labute approximate surface area is 249 Å². The number of halogens is 2. The standard InChI is InChI=1S/C33H24F2N4O5/c1-42-29-14-22-25(15-30(29)43-2)37-12-11-27(22)44-28-10-7-20(13-24(28)35)38-33(41)23-17-39(21-8-9-21)26(16-36)31(32(23)40)18-3-5-19(34)6-4-18/h3-7,10-15,17,21H,8-9H2,1-2H3,(H,38,41). The van der Waals surface area contributed by atoms with E-state index in [-0.39, 0.29) is 34.3 Å². The molecule has 5 aromatic rings. The second-order valence-electron chi connectivity index (χ2n) is 10.1. The SMILES string of the molecule is COc1cc2nccc(Oc3ccc(NC(=O)c4cn(C5CC5)c(C#N)c(-c5ccc(F)cc5)c4=O)cc3F)c2cc1OC. The van der Waals surface area contributed by atoms with Crippen LogP contribution in [0.1, 0.15) is 34.9 Å². The van der Waals surface area contributed by atoms with Gasteiger partial charge in [-0.1, -0.05) is 12.1 Å². The van der Waals surface area contributed by atoms with Crippen LogP contribution in [0.3, 0.4) is 0 Å². The van der Waals surface area contributed by atoms with Crippen LogP contribution in [-0.4, -0.2) is 29.7 Å². The summed E-state index contributed by atoms with van der Waals surface area (Å²) in [7, 11) is 3.00. The molecule has 1 N–H and O–H groups in total. The highest BCUT2D eigenvalue weighted by atomic mass is 19.1. The van der Waals surface area contributed by atoms with Crippen molar-refractivity contribution in [3.63, 3.8) is 0 Å². The van der Waals surface area contributed by atoms with Gasteiger partial charge in [-0.05, 0) is 54.8 Å². The maximum atomic E-state index is 15.3. The lowest BCUT2D eigenvalue weighted by Crippen LogP contribution is -2.26. The quantitative estimate of drug-likeness (QED) is 0.215. The minimum absolute atomic E-state index is 0.000747. The number of nitrogens with zero attached hydrogens (tertiary/aromatic N) is 3. The first kappa shape index (κ1) is 28.4. The van der Waals surface area contributed by atoms with E-state index in [2.05, 4.69) is 16.4 Å². The van der Waals surface area contributed by atoms with E-state index < -0.39 is 23.0 Å². The molecule has 1 fully saturated rings. The zero-order valence-corrected chi connectivity index (χ0v) is 23.6. The van der Waals surface area contributed by atoms with Crippen molar-refractivity contribution in [2.75, 3.05) is 19.5 Å². The molecule has 1 aliphatic carbocycles. The summed E-state index contributed by atoms with van der Waals surface area (Å²) in [4.78, 5) is 31.2. The predicted octanol–water partition coefficient (Wildman–Crippen LogP) is 6.61. The molecule has 0 bridgehead atoms. The van der Waals surface area contributed by atoms with Gasteiger partial charge in [-0.3, -0.25) is 14.6 Å². The number of nitrogens with one attached hydrogen (secondary N) is 1. The van der Waals surface area contributed by atoms with E-state index in [1.165, 1.54) is 63.0 Å². The van der Waals surface area contributed by atoms with Crippen LogP contribution in [0.4, 0.5) is 14.5 Å². The lowest BCUT2D eigenvalue weighted by atomic mass is 10.0. The Balaban J connectivity index is 1.31. The molecular weight excluding hydrogens is 570 g/mol. The summed E-state index contributed by atoms with van der Waals surface area (Å²) < 4.78 is 47.0. The molecule has 0 radical (unpaired) electrons. The van der Waals surface area contributed by atoms with Crippen LogP contribution in [0, 0.1) is 23.0 Å². The number of amides is 1. The van der Waals surface area contributed by atoms with Gasteiger partial charge in [-0.25, -0.2) is 8.78 Å². The van der Waals surface area contributed by atoms with Crippen molar-refractivity contribution >= 4 is 22.5 Å². The Morgan fingerprint density at radius 1 is 0.977 bits per heavy atom. The van der Waals surface area contributed by atoms with Crippen molar-refractivity contribution < 1.29 is 27.8 Å². The van der Waals surface area contributed by atoms with Crippen LogP contribution in [0.2, 0.25) is 0 Å². The molecule has 2 aromatic heterocycles. The lowest BCUT2D eigenvalue weighted by molar-refractivity contribution is 0.102. The Morgan fingerprint density at radius 2 is 1.70 bits per heavy atom. The highest BCUT2D eigenvalue weighted by Crippen LogP contribution is 2.39. The Bertz CT molecular complexity index is 2030. The fraction of sp³-hybridized carbons (Fsp3) is 0.152. The molecular formula is C33H24F2N4O5. The molecule has 1 saturated carbocycles. The van der Waals surface area contributed by atoms with Gasteiger partial charge >= 0.3 is 0 Å². The van der Waals surface area contributed by atoms with Crippen molar-refractivity contribution in [3.8, 4) is 40.2 Å². The molecule has 220 valence electrons. The molecule has 9 nitrogen and oxygen atoms in total. The number of pyridine rings is 2. The van der Waals surface area contributed by atoms with E-state index in [1.54, 1.807) is 22.8 Å². The van der Waals surface area contributed by atoms with Crippen LogP contribution in [0.15, 0.2) is 77.9 Å². The van der Waals surface area contributed by atoms with Gasteiger partial charge in [0, 0.05) is 41.6 Å². The van der Waals surface area contributed by atoms with Crippen molar-refractivity contribution in [3.05, 3.63) is 106 Å². The molecule has 1 aliphatic rings. The van der Waals surface area contributed by atoms with Gasteiger partial charge in [0.25, 0.3) is 5.91 Å². The predicted molar refractivity (Wildman–Crippen MR) is 158 cm³/mol. The molecule has 0 spiro atoms. The van der Waals surface area contributed by atoms with Gasteiger partial charge in [0.1, 0.15) is 28.9 Å². The molecule has 11 heteroatoms. The number of rotatable bonds is 8. The number of hydrogen-bond acceptors (Lipinski definition) is 7. The minimum atomic E-state index is -0.786. The first-order valence-corrected chi connectivity index (χ1v) is 13.6. The average molecular weight is 595 g/mol. The highest BCUT2D eigenvalue weighted by Gasteiger charge is 2.30. The van der Waals surface area contributed by atoms with Crippen LogP contribution < -0.4 is 25.0 Å². The monoisotopic (exact) mass is 594 g/mol. The zero-order chi connectivity index (χ0) is 31.0. The number of carbonyl (C=O) groups is 1.